The van der Waals surface area contributed by atoms with E-state index < -0.39 is 9.84 Å². The first-order valence-electron chi connectivity index (χ1n) is 7.54. The molecule has 0 spiro atoms. The Morgan fingerprint density at radius 2 is 2.24 bits per heavy atom. The minimum Gasteiger partial charge on any atom is -0.468 e. The standard InChI is InChI=1S/C15H26N2O3S/c1-12(2)8-16-9-15-13(4-6-20-15)10-17(3)14-5-7-21(18,19)11-14/h4,6,12,14,16H,5,7-11H2,1-3H3. The van der Waals surface area contributed by atoms with E-state index in [1.807, 2.05) is 13.1 Å². The minimum absolute atomic E-state index is 0.126. The first kappa shape index (κ1) is 16.5. The molecule has 6 heteroatoms. The van der Waals surface area contributed by atoms with Gasteiger partial charge >= 0.3 is 0 Å². The topological polar surface area (TPSA) is 62.6 Å². The fourth-order valence-electron chi connectivity index (χ4n) is 2.66. The van der Waals surface area contributed by atoms with E-state index >= 15 is 0 Å². The Hall–Kier alpha value is -0.850. The highest BCUT2D eigenvalue weighted by Crippen LogP contribution is 2.20. The van der Waals surface area contributed by atoms with Crippen molar-refractivity contribution >= 4 is 9.84 Å². The summed E-state index contributed by atoms with van der Waals surface area (Å²) in [7, 11) is -0.841. The zero-order valence-electron chi connectivity index (χ0n) is 13.1. The van der Waals surface area contributed by atoms with Gasteiger partial charge in [0.1, 0.15) is 5.76 Å². The first-order valence-corrected chi connectivity index (χ1v) is 9.36. The van der Waals surface area contributed by atoms with Crippen molar-refractivity contribution in [2.24, 2.45) is 5.92 Å². The molecule has 0 aliphatic carbocycles. The van der Waals surface area contributed by atoms with Crippen molar-refractivity contribution in [1.29, 1.82) is 0 Å². The van der Waals surface area contributed by atoms with Gasteiger partial charge in [-0.05, 0) is 32.0 Å². The van der Waals surface area contributed by atoms with E-state index in [2.05, 4.69) is 24.1 Å². The van der Waals surface area contributed by atoms with Gasteiger partial charge in [-0.1, -0.05) is 13.8 Å². The molecule has 1 aliphatic rings. The fraction of sp³-hybridized carbons (Fsp3) is 0.733. The molecule has 1 unspecified atom stereocenters. The molecule has 1 aliphatic heterocycles. The van der Waals surface area contributed by atoms with E-state index in [-0.39, 0.29) is 11.8 Å². The lowest BCUT2D eigenvalue weighted by Crippen LogP contribution is -2.32. The van der Waals surface area contributed by atoms with Crippen LogP contribution in [0.4, 0.5) is 0 Å². The number of rotatable bonds is 7. The summed E-state index contributed by atoms with van der Waals surface area (Å²) in [5.41, 5.74) is 1.14. The van der Waals surface area contributed by atoms with E-state index in [1.165, 1.54) is 0 Å². The Balaban J connectivity index is 1.89. The molecule has 0 radical (unpaired) electrons. The van der Waals surface area contributed by atoms with Crippen molar-refractivity contribution in [1.82, 2.24) is 10.2 Å². The van der Waals surface area contributed by atoms with Gasteiger partial charge in [0.05, 0.1) is 24.3 Å². The van der Waals surface area contributed by atoms with Gasteiger partial charge in [-0.2, -0.15) is 0 Å². The van der Waals surface area contributed by atoms with Gasteiger partial charge in [-0.25, -0.2) is 8.42 Å². The molecule has 1 aromatic rings. The van der Waals surface area contributed by atoms with Crippen LogP contribution in [0.15, 0.2) is 16.7 Å². The third-order valence-corrected chi connectivity index (χ3v) is 5.68. The van der Waals surface area contributed by atoms with E-state index in [0.717, 1.165) is 37.4 Å². The number of hydrogen-bond donors (Lipinski definition) is 1. The summed E-state index contributed by atoms with van der Waals surface area (Å²) in [6.07, 6.45) is 2.44. The fourth-order valence-corrected chi connectivity index (χ4v) is 4.46. The summed E-state index contributed by atoms with van der Waals surface area (Å²) in [6.45, 7) is 6.75. The summed E-state index contributed by atoms with van der Waals surface area (Å²) in [5.74, 6) is 2.15. The molecular weight excluding hydrogens is 288 g/mol. The maximum absolute atomic E-state index is 11.6. The molecule has 1 atom stereocenters. The SMILES string of the molecule is CC(C)CNCc1occc1CN(C)C1CCS(=O)(=O)C1. The predicted octanol–water partition coefficient (Wildman–Crippen LogP) is 1.64. The van der Waals surface area contributed by atoms with Gasteiger partial charge in [-0.15, -0.1) is 0 Å². The van der Waals surface area contributed by atoms with Crippen LogP contribution >= 0.6 is 0 Å². The molecule has 21 heavy (non-hydrogen) atoms. The lowest BCUT2D eigenvalue weighted by molar-refractivity contribution is 0.251. The molecule has 0 bridgehead atoms. The van der Waals surface area contributed by atoms with Gasteiger partial charge < -0.3 is 9.73 Å². The smallest absolute Gasteiger partial charge is 0.151 e. The summed E-state index contributed by atoms with van der Waals surface area (Å²) >= 11 is 0. The van der Waals surface area contributed by atoms with Gasteiger partial charge in [0, 0.05) is 18.2 Å². The quantitative estimate of drug-likeness (QED) is 0.829. The van der Waals surface area contributed by atoms with Crippen molar-refractivity contribution in [2.75, 3.05) is 25.1 Å². The monoisotopic (exact) mass is 314 g/mol. The van der Waals surface area contributed by atoms with Crippen LogP contribution in [0.2, 0.25) is 0 Å². The Morgan fingerprint density at radius 3 is 2.86 bits per heavy atom. The average Bonchev–Trinajstić information content (AvgIpc) is 2.96. The highest BCUT2D eigenvalue weighted by atomic mass is 32.2. The second-order valence-electron chi connectivity index (χ2n) is 6.37. The second kappa shape index (κ2) is 6.94. The number of furan rings is 1. The van der Waals surface area contributed by atoms with Crippen LogP contribution in [0, 0.1) is 5.92 Å². The van der Waals surface area contributed by atoms with Crippen molar-refractivity contribution in [3.8, 4) is 0 Å². The Bertz CT molecular complexity index is 551. The Labute approximate surface area is 127 Å². The molecular formula is C15H26N2O3S. The van der Waals surface area contributed by atoms with E-state index in [1.54, 1.807) is 6.26 Å². The summed E-state index contributed by atoms with van der Waals surface area (Å²) in [5, 5.41) is 3.38. The van der Waals surface area contributed by atoms with Crippen molar-refractivity contribution in [2.45, 2.75) is 39.4 Å². The third-order valence-electron chi connectivity index (χ3n) is 3.93. The number of nitrogens with one attached hydrogen (secondary N) is 1. The predicted molar refractivity (Wildman–Crippen MR) is 83.8 cm³/mol. The van der Waals surface area contributed by atoms with Crippen LogP contribution in [0.3, 0.4) is 0 Å². The normalized spacial score (nSPS) is 21.5. The van der Waals surface area contributed by atoms with Crippen LogP contribution in [-0.4, -0.2) is 44.5 Å². The molecule has 1 aromatic heterocycles. The molecule has 120 valence electrons. The molecule has 1 saturated heterocycles. The lowest BCUT2D eigenvalue weighted by Gasteiger charge is -2.22. The highest BCUT2D eigenvalue weighted by molar-refractivity contribution is 7.91. The molecule has 0 amide bonds. The summed E-state index contributed by atoms with van der Waals surface area (Å²) in [4.78, 5) is 2.13. The van der Waals surface area contributed by atoms with Gasteiger partial charge in [-0.3, -0.25) is 4.90 Å². The van der Waals surface area contributed by atoms with Gasteiger partial charge in [0.15, 0.2) is 9.84 Å². The largest absolute Gasteiger partial charge is 0.468 e. The first-order chi connectivity index (χ1) is 9.87. The zero-order chi connectivity index (χ0) is 15.5. The third kappa shape index (κ3) is 4.83. The van der Waals surface area contributed by atoms with Crippen molar-refractivity contribution in [3.63, 3.8) is 0 Å². The van der Waals surface area contributed by atoms with Crippen LogP contribution in [0.5, 0.6) is 0 Å². The Kier molecular flexibility index (Phi) is 5.46. The number of hydrogen-bond acceptors (Lipinski definition) is 5. The Morgan fingerprint density at radius 1 is 1.48 bits per heavy atom. The summed E-state index contributed by atoms with van der Waals surface area (Å²) in [6, 6.07) is 2.10. The highest BCUT2D eigenvalue weighted by Gasteiger charge is 2.30. The number of nitrogens with zero attached hydrogens (tertiary/aromatic N) is 1. The van der Waals surface area contributed by atoms with Crippen LogP contribution < -0.4 is 5.32 Å². The van der Waals surface area contributed by atoms with Gasteiger partial charge in [0.2, 0.25) is 0 Å². The molecule has 2 heterocycles. The van der Waals surface area contributed by atoms with Crippen LogP contribution in [0.1, 0.15) is 31.6 Å². The maximum atomic E-state index is 11.6. The van der Waals surface area contributed by atoms with Crippen molar-refractivity contribution in [3.05, 3.63) is 23.7 Å². The van der Waals surface area contributed by atoms with Crippen LogP contribution in [0.25, 0.3) is 0 Å². The average molecular weight is 314 g/mol. The van der Waals surface area contributed by atoms with Gasteiger partial charge in [0.25, 0.3) is 0 Å². The zero-order valence-corrected chi connectivity index (χ0v) is 13.9. The number of sulfone groups is 1. The maximum Gasteiger partial charge on any atom is 0.151 e. The van der Waals surface area contributed by atoms with E-state index in [4.69, 9.17) is 4.42 Å². The molecule has 1 fully saturated rings. The van der Waals surface area contributed by atoms with E-state index in [0.29, 0.717) is 11.7 Å². The molecule has 5 nitrogen and oxygen atoms in total. The molecule has 0 aromatic carbocycles. The molecule has 1 N–H and O–H groups in total. The molecule has 0 saturated carbocycles. The summed E-state index contributed by atoms with van der Waals surface area (Å²) < 4.78 is 28.7. The van der Waals surface area contributed by atoms with Crippen molar-refractivity contribution < 1.29 is 12.8 Å². The lowest BCUT2D eigenvalue weighted by atomic mass is 10.1. The second-order valence-corrected chi connectivity index (χ2v) is 8.59. The van der Waals surface area contributed by atoms with E-state index in [9.17, 15) is 8.42 Å². The minimum atomic E-state index is -2.83. The van der Waals surface area contributed by atoms with Crippen LogP contribution in [-0.2, 0) is 22.9 Å². The molecule has 2 rings (SSSR count).